The fourth-order valence-electron chi connectivity index (χ4n) is 3.98. The van der Waals surface area contributed by atoms with Crippen molar-refractivity contribution in [1.82, 2.24) is 10.2 Å². The van der Waals surface area contributed by atoms with Gasteiger partial charge in [0.1, 0.15) is 0 Å². The van der Waals surface area contributed by atoms with E-state index in [4.69, 9.17) is 14.0 Å². The van der Waals surface area contributed by atoms with Crippen LogP contribution in [0.3, 0.4) is 0 Å². The molecular weight excluding hydrogens is 331 g/mol. The lowest BCUT2D eigenvalue weighted by Gasteiger charge is -2.32. The Morgan fingerprint density at radius 1 is 1.19 bits per heavy atom. The van der Waals surface area contributed by atoms with Crippen LogP contribution >= 0.6 is 0 Å². The molecule has 3 aliphatic heterocycles. The van der Waals surface area contributed by atoms with Crippen molar-refractivity contribution in [2.24, 2.45) is 5.92 Å². The summed E-state index contributed by atoms with van der Waals surface area (Å²) in [6.07, 6.45) is 6.50. The van der Waals surface area contributed by atoms with Crippen molar-refractivity contribution in [1.29, 1.82) is 0 Å². The summed E-state index contributed by atoms with van der Waals surface area (Å²) < 4.78 is 18.1. The van der Waals surface area contributed by atoms with E-state index >= 15 is 0 Å². The number of carbonyl (C=O) groups excluding carboxylic acids is 1. The zero-order valence-corrected chi connectivity index (χ0v) is 16.4. The van der Waals surface area contributed by atoms with Gasteiger partial charge in [-0.3, -0.25) is 0 Å². The monoisotopic (exact) mass is 362 g/mol. The van der Waals surface area contributed by atoms with Gasteiger partial charge in [0.15, 0.2) is 0 Å². The van der Waals surface area contributed by atoms with E-state index in [0.717, 1.165) is 24.9 Å². The van der Waals surface area contributed by atoms with E-state index in [0.29, 0.717) is 19.0 Å². The molecule has 1 N–H and O–H groups in total. The van der Waals surface area contributed by atoms with Crippen LogP contribution in [0.4, 0.5) is 4.79 Å². The highest BCUT2D eigenvalue weighted by Crippen LogP contribution is 2.40. The summed E-state index contributed by atoms with van der Waals surface area (Å²) in [5.41, 5.74) is 0.494. The number of amides is 2. The number of nitrogens with zero attached hydrogens (tertiary/aromatic N) is 1. The molecule has 0 aromatic heterocycles. The number of nitrogens with one attached hydrogen (secondary N) is 1. The summed E-state index contributed by atoms with van der Waals surface area (Å²) >= 11 is 0. The van der Waals surface area contributed by atoms with Gasteiger partial charge in [0.05, 0.1) is 23.3 Å². The lowest BCUT2D eigenvalue weighted by Crippen LogP contribution is -2.49. The molecule has 7 heteroatoms. The van der Waals surface area contributed by atoms with Crippen LogP contribution in [-0.2, 0) is 14.0 Å². The van der Waals surface area contributed by atoms with Crippen LogP contribution in [0.2, 0.25) is 0 Å². The second-order valence-electron chi connectivity index (χ2n) is 9.08. The average molecular weight is 362 g/mol. The summed E-state index contributed by atoms with van der Waals surface area (Å²) in [5, 5.41) is 3.20. The minimum atomic E-state index is -0.326. The first kappa shape index (κ1) is 18.3. The first-order valence-electron chi connectivity index (χ1n) is 9.98. The Kier molecular flexibility index (Phi) is 4.60. The molecule has 3 heterocycles. The van der Waals surface area contributed by atoms with Gasteiger partial charge < -0.3 is 24.3 Å². The third kappa shape index (κ3) is 3.41. The Morgan fingerprint density at radius 3 is 2.46 bits per heavy atom. The maximum atomic E-state index is 12.6. The molecule has 2 unspecified atom stereocenters. The van der Waals surface area contributed by atoms with Crippen LogP contribution in [0.1, 0.15) is 53.4 Å². The van der Waals surface area contributed by atoms with E-state index < -0.39 is 0 Å². The van der Waals surface area contributed by atoms with Crippen LogP contribution < -0.4 is 5.32 Å². The van der Waals surface area contributed by atoms with Crippen molar-refractivity contribution in [3.05, 3.63) is 11.5 Å². The molecule has 0 aromatic rings. The lowest BCUT2D eigenvalue weighted by atomic mass is 9.75. The minimum Gasteiger partial charge on any atom is -0.400 e. The van der Waals surface area contributed by atoms with Gasteiger partial charge in [-0.05, 0) is 64.8 Å². The van der Waals surface area contributed by atoms with Crippen molar-refractivity contribution in [2.75, 3.05) is 19.7 Å². The van der Waals surface area contributed by atoms with Gasteiger partial charge in [-0.2, -0.15) is 0 Å². The van der Waals surface area contributed by atoms with Crippen LogP contribution in [0.5, 0.6) is 0 Å². The highest BCUT2D eigenvalue weighted by molar-refractivity contribution is 6.54. The van der Waals surface area contributed by atoms with Gasteiger partial charge in [0.2, 0.25) is 0 Å². The summed E-state index contributed by atoms with van der Waals surface area (Å²) in [7, 11) is -0.298. The van der Waals surface area contributed by atoms with Gasteiger partial charge in [-0.25, -0.2) is 4.79 Å². The molecule has 6 nitrogen and oxygen atoms in total. The highest BCUT2D eigenvalue weighted by Gasteiger charge is 2.52. The van der Waals surface area contributed by atoms with Gasteiger partial charge >= 0.3 is 13.1 Å². The predicted octanol–water partition coefficient (Wildman–Crippen LogP) is 2.53. The van der Waals surface area contributed by atoms with E-state index in [-0.39, 0.29) is 36.5 Å². The molecule has 2 atom stereocenters. The van der Waals surface area contributed by atoms with Crippen LogP contribution in [-0.4, -0.2) is 61.1 Å². The largest absolute Gasteiger partial charge is 0.490 e. The maximum absolute atomic E-state index is 12.6. The molecule has 26 heavy (non-hydrogen) atoms. The van der Waals surface area contributed by atoms with Gasteiger partial charge in [-0.15, -0.1) is 0 Å². The molecule has 4 rings (SSSR count). The fourth-order valence-corrected chi connectivity index (χ4v) is 3.98. The number of urea groups is 1. The molecule has 0 radical (unpaired) electrons. The molecule has 1 aliphatic carbocycles. The van der Waals surface area contributed by atoms with Crippen molar-refractivity contribution >= 4 is 13.1 Å². The minimum absolute atomic E-state index is 0.0235. The fraction of sp³-hybridized carbons (Fsp3) is 0.842. The van der Waals surface area contributed by atoms with Crippen LogP contribution in [0.25, 0.3) is 0 Å². The molecule has 4 aliphatic rings. The van der Waals surface area contributed by atoms with Crippen LogP contribution in [0.15, 0.2) is 11.5 Å². The number of ether oxygens (including phenoxy) is 1. The molecule has 2 saturated heterocycles. The van der Waals surface area contributed by atoms with E-state index in [1.54, 1.807) is 0 Å². The Labute approximate surface area is 156 Å². The molecule has 1 saturated carbocycles. The zero-order chi connectivity index (χ0) is 18.5. The molecular formula is C19H31BN2O4. The van der Waals surface area contributed by atoms with Crippen molar-refractivity contribution in [3.8, 4) is 0 Å². The van der Waals surface area contributed by atoms with Crippen molar-refractivity contribution in [3.63, 3.8) is 0 Å². The van der Waals surface area contributed by atoms with Gasteiger partial charge in [-0.1, -0.05) is 6.08 Å². The standard InChI is InChI=1S/C19H31BN2O4/c1-18(2)19(3,4)26-20(25-18)14-7-10-22(11-8-14)17(23)21-15-9-12-24-16(15)13-5-6-13/h7,13,15-16H,5-6,8-12H2,1-4H3,(H,21,23). The molecule has 0 aromatic carbocycles. The van der Waals surface area contributed by atoms with E-state index in [1.165, 1.54) is 12.8 Å². The topological polar surface area (TPSA) is 60.0 Å². The SMILES string of the molecule is CC1(C)OB(C2=CCN(C(=O)NC3CCOC3C3CC3)CC2)OC1(C)C. The Hall–Kier alpha value is -1.05. The predicted molar refractivity (Wildman–Crippen MR) is 99.8 cm³/mol. The summed E-state index contributed by atoms with van der Waals surface area (Å²) in [6.45, 7) is 10.3. The average Bonchev–Trinajstić information content (AvgIpc) is 3.28. The lowest BCUT2D eigenvalue weighted by molar-refractivity contribution is 0.00578. The van der Waals surface area contributed by atoms with E-state index in [2.05, 4.69) is 39.1 Å². The third-order valence-corrected chi connectivity index (χ3v) is 6.62. The third-order valence-electron chi connectivity index (χ3n) is 6.62. The molecule has 0 bridgehead atoms. The smallest absolute Gasteiger partial charge is 0.400 e. The second kappa shape index (κ2) is 6.53. The number of hydrogen-bond acceptors (Lipinski definition) is 4. The van der Waals surface area contributed by atoms with Gasteiger partial charge in [0, 0.05) is 19.7 Å². The molecule has 144 valence electrons. The molecule has 2 amide bonds. The van der Waals surface area contributed by atoms with Gasteiger partial charge in [0.25, 0.3) is 0 Å². The number of hydrogen-bond donors (Lipinski definition) is 1. The van der Waals surface area contributed by atoms with Crippen molar-refractivity contribution < 1.29 is 18.8 Å². The first-order chi connectivity index (χ1) is 12.3. The van der Waals surface area contributed by atoms with Crippen LogP contribution in [0, 0.1) is 5.92 Å². The Balaban J connectivity index is 1.32. The quantitative estimate of drug-likeness (QED) is 0.784. The number of rotatable bonds is 3. The Bertz CT molecular complexity index is 586. The first-order valence-corrected chi connectivity index (χ1v) is 9.98. The molecule has 3 fully saturated rings. The Morgan fingerprint density at radius 2 is 1.88 bits per heavy atom. The summed E-state index contributed by atoms with van der Waals surface area (Å²) in [6, 6.07) is 0.193. The normalized spacial score (nSPS) is 33.3. The maximum Gasteiger partial charge on any atom is 0.490 e. The summed E-state index contributed by atoms with van der Waals surface area (Å²) in [5.74, 6) is 0.652. The second-order valence-corrected chi connectivity index (χ2v) is 9.08. The number of carbonyl (C=O) groups is 1. The zero-order valence-electron chi connectivity index (χ0n) is 16.4. The van der Waals surface area contributed by atoms with E-state index in [1.807, 2.05) is 4.90 Å². The summed E-state index contributed by atoms with van der Waals surface area (Å²) in [4.78, 5) is 14.5. The van der Waals surface area contributed by atoms with Crippen molar-refractivity contribution in [2.45, 2.75) is 76.7 Å². The van der Waals surface area contributed by atoms with E-state index in [9.17, 15) is 4.79 Å². The molecule has 0 spiro atoms. The highest BCUT2D eigenvalue weighted by atomic mass is 16.7.